The molecule has 0 aliphatic heterocycles. The summed E-state index contributed by atoms with van der Waals surface area (Å²) in [6, 6.07) is 10.6. The number of rotatable bonds is 8. The minimum absolute atomic E-state index is 0.142. The van der Waals surface area contributed by atoms with Crippen molar-refractivity contribution in [1.29, 1.82) is 0 Å². The van der Waals surface area contributed by atoms with Gasteiger partial charge < -0.3 is 10.1 Å². The Morgan fingerprint density at radius 2 is 1.85 bits per heavy atom. The van der Waals surface area contributed by atoms with E-state index in [2.05, 4.69) is 14.8 Å². The molecule has 2 N–H and O–H groups in total. The molecular formula is C23H27F3N2O4S. The van der Waals surface area contributed by atoms with Crippen LogP contribution >= 0.6 is 0 Å². The Bertz CT molecular complexity index is 1130. The maximum atomic E-state index is 12.9. The van der Waals surface area contributed by atoms with Crippen molar-refractivity contribution >= 4 is 21.6 Å². The number of sulfonamides is 1. The van der Waals surface area contributed by atoms with Crippen molar-refractivity contribution < 1.29 is 31.1 Å². The van der Waals surface area contributed by atoms with Gasteiger partial charge in [-0.25, -0.2) is 8.42 Å². The Labute approximate surface area is 191 Å². The highest BCUT2D eigenvalue weighted by molar-refractivity contribution is 7.92. The molecule has 10 heteroatoms. The smallest absolute Gasteiger partial charge is 0.406 e. The van der Waals surface area contributed by atoms with Crippen molar-refractivity contribution in [3.63, 3.8) is 0 Å². The van der Waals surface area contributed by atoms with Crippen LogP contribution in [-0.4, -0.2) is 26.9 Å². The second-order valence-corrected chi connectivity index (χ2v) is 10.4. The first-order chi connectivity index (χ1) is 15.2. The number of amides is 1. The van der Waals surface area contributed by atoms with Crippen LogP contribution < -0.4 is 14.8 Å². The lowest BCUT2D eigenvalue weighted by Crippen LogP contribution is -2.30. The van der Waals surface area contributed by atoms with E-state index in [1.54, 1.807) is 24.3 Å². The number of hydrogen-bond acceptors (Lipinski definition) is 4. The molecule has 0 radical (unpaired) electrons. The van der Waals surface area contributed by atoms with E-state index in [1.165, 1.54) is 12.1 Å². The summed E-state index contributed by atoms with van der Waals surface area (Å²) >= 11 is 0. The van der Waals surface area contributed by atoms with E-state index in [0.717, 1.165) is 22.9 Å². The summed E-state index contributed by atoms with van der Waals surface area (Å²) in [5, 5.41) is 2.99. The van der Waals surface area contributed by atoms with E-state index >= 15 is 0 Å². The average molecular weight is 485 g/mol. The third kappa shape index (κ3) is 6.19. The van der Waals surface area contributed by atoms with E-state index < -0.39 is 21.8 Å². The number of carbonyl (C=O) groups excluding carboxylic acids is 1. The zero-order valence-electron chi connectivity index (χ0n) is 18.8. The molecule has 0 aromatic heterocycles. The maximum Gasteiger partial charge on any atom is 0.573 e. The van der Waals surface area contributed by atoms with E-state index in [4.69, 9.17) is 0 Å². The number of alkyl halides is 3. The first kappa shape index (κ1) is 24.9. The molecule has 2 aromatic rings. The summed E-state index contributed by atoms with van der Waals surface area (Å²) in [4.78, 5) is 12.9. The molecule has 1 amide bonds. The van der Waals surface area contributed by atoms with Crippen molar-refractivity contribution in [2.45, 2.75) is 51.4 Å². The molecule has 2 aromatic carbocycles. The number of anilines is 1. The van der Waals surface area contributed by atoms with Crippen LogP contribution in [0.25, 0.3) is 0 Å². The number of ether oxygens (including phenoxy) is 1. The molecule has 6 nitrogen and oxygen atoms in total. The van der Waals surface area contributed by atoms with Gasteiger partial charge in [-0.05, 0) is 54.7 Å². The lowest BCUT2D eigenvalue weighted by molar-refractivity contribution is -0.274. The Morgan fingerprint density at radius 3 is 2.39 bits per heavy atom. The number of aryl methyl sites for hydroxylation is 1. The number of carbonyl (C=O) groups is 1. The van der Waals surface area contributed by atoms with Crippen molar-refractivity contribution in [3.05, 3.63) is 59.2 Å². The summed E-state index contributed by atoms with van der Waals surface area (Å²) < 4.78 is 66.6. The molecular weight excluding hydrogens is 457 g/mol. The van der Waals surface area contributed by atoms with Gasteiger partial charge in [0.25, 0.3) is 0 Å². The van der Waals surface area contributed by atoms with Crippen LogP contribution in [0.2, 0.25) is 0 Å². The largest absolute Gasteiger partial charge is 0.573 e. The molecule has 180 valence electrons. The molecule has 0 heterocycles. The van der Waals surface area contributed by atoms with E-state index in [9.17, 15) is 26.4 Å². The van der Waals surface area contributed by atoms with Gasteiger partial charge in [-0.1, -0.05) is 38.1 Å². The molecule has 0 saturated heterocycles. The van der Waals surface area contributed by atoms with E-state index in [-0.39, 0.29) is 23.6 Å². The van der Waals surface area contributed by atoms with Gasteiger partial charge in [-0.2, -0.15) is 0 Å². The lowest BCUT2D eigenvalue weighted by atomic mass is 9.95. The van der Waals surface area contributed by atoms with Crippen molar-refractivity contribution in [1.82, 2.24) is 5.32 Å². The summed E-state index contributed by atoms with van der Waals surface area (Å²) in [5.41, 5.74) is 2.48. The average Bonchev–Trinajstić information content (AvgIpc) is 3.39. The summed E-state index contributed by atoms with van der Waals surface area (Å²) in [5.74, 6) is -0.742. The Morgan fingerprint density at radius 1 is 1.21 bits per heavy atom. The molecule has 1 fully saturated rings. The molecule has 0 bridgehead atoms. The number of halogens is 3. The zero-order chi connectivity index (χ0) is 24.6. The Balaban J connectivity index is 1.66. The molecule has 3 rings (SSSR count). The fourth-order valence-electron chi connectivity index (χ4n) is 3.98. The molecule has 2 unspecified atom stereocenters. The topological polar surface area (TPSA) is 84.5 Å². The molecule has 3 atom stereocenters. The van der Waals surface area contributed by atoms with Crippen molar-refractivity contribution in [3.8, 4) is 5.75 Å². The fourth-order valence-corrected chi connectivity index (χ4v) is 4.57. The van der Waals surface area contributed by atoms with E-state index in [1.807, 2.05) is 26.8 Å². The number of hydrogen-bond donors (Lipinski definition) is 2. The SMILES string of the molecule is CCc1cc(C(C)NC(=O)[C@@H]2CC2(C)c2ccc(OC(F)(F)F)cc2)ccc1NS(C)(=O)=O. The van der Waals surface area contributed by atoms with Gasteiger partial charge in [0.15, 0.2) is 0 Å². The van der Waals surface area contributed by atoms with Gasteiger partial charge >= 0.3 is 6.36 Å². The van der Waals surface area contributed by atoms with Crippen LogP contribution in [-0.2, 0) is 26.7 Å². The minimum Gasteiger partial charge on any atom is -0.406 e. The zero-order valence-corrected chi connectivity index (χ0v) is 19.6. The van der Waals surface area contributed by atoms with Crippen molar-refractivity contribution in [2.75, 3.05) is 11.0 Å². The Hall–Kier alpha value is -2.75. The van der Waals surface area contributed by atoms with Gasteiger partial charge in [0.05, 0.1) is 18.0 Å². The summed E-state index contributed by atoms with van der Waals surface area (Å²) in [6.07, 6.45) is -2.46. The van der Waals surface area contributed by atoms with Gasteiger partial charge in [-0.15, -0.1) is 13.2 Å². The lowest BCUT2D eigenvalue weighted by Gasteiger charge is -2.19. The predicted molar refractivity (Wildman–Crippen MR) is 119 cm³/mol. The summed E-state index contributed by atoms with van der Waals surface area (Å²) in [6.45, 7) is 5.66. The van der Waals surface area contributed by atoms with Crippen LogP contribution in [0.3, 0.4) is 0 Å². The number of benzene rings is 2. The molecule has 1 saturated carbocycles. The van der Waals surface area contributed by atoms with Crippen LogP contribution in [0.5, 0.6) is 5.75 Å². The second kappa shape index (κ2) is 8.89. The standard InChI is InChI=1S/C23H27F3N2O4S/c1-5-15-12-16(6-11-20(15)28-33(4,30)31)14(2)27-21(29)19-13-22(19,3)17-7-9-18(10-8-17)32-23(24,25)26/h6-12,14,19,28H,5,13H2,1-4H3,(H,27,29)/t14?,19-,22?/m0/s1. The van der Waals surface area contributed by atoms with Gasteiger partial charge in [-0.3, -0.25) is 9.52 Å². The van der Waals surface area contributed by atoms with Gasteiger partial charge in [0.2, 0.25) is 15.9 Å². The highest BCUT2D eigenvalue weighted by Gasteiger charge is 2.55. The highest BCUT2D eigenvalue weighted by atomic mass is 32.2. The normalized spacial score (nSPS) is 21.2. The monoisotopic (exact) mass is 484 g/mol. The van der Waals surface area contributed by atoms with E-state index in [0.29, 0.717) is 18.5 Å². The van der Waals surface area contributed by atoms with Crippen LogP contribution in [0.4, 0.5) is 18.9 Å². The van der Waals surface area contributed by atoms with Gasteiger partial charge in [0, 0.05) is 11.3 Å². The number of nitrogens with one attached hydrogen (secondary N) is 2. The quantitative estimate of drug-likeness (QED) is 0.570. The van der Waals surface area contributed by atoms with Crippen LogP contribution in [0.15, 0.2) is 42.5 Å². The molecule has 1 aliphatic rings. The second-order valence-electron chi connectivity index (χ2n) is 8.62. The minimum atomic E-state index is -4.75. The van der Waals surface area contributed by atoms with Crippen molar-refractivity contribution in [2.24, 2.45) is 5.92 Å². The highest BCUT2D eigenvalue weighted by Crippen LogP contribution is 2.54. The third-order valence-corrected chi connectivity index (χ3v) is 6.56. The molecule has 0 spiro atoms. The van der Waals surface area contributed by atoms with Crippen LogP contribution in [0.1, 0.15) is 49.9 Å². The third-order valence-electron chi connectivity index (χ3n) is 5.97. The molecule has 33 heavy (non-hydrogen) atoms. The Kier molecular flexibility index (Phi) is 6.70. The van der Waals surface area contributed by atoms with Crippen LogP contribution in [0, 0.1) is 5.92 Å². The maximum absolute atomic E-state index is 12.9. The summed E-state index contributed by atoms with van der Waals surface area (Å²) in [7, 11) is -3.40. The first-order valence-corrected chi connectivity index (χ1v) is 12.4. The predicted octanol–water partition coefficient (Wildman–Crippen LogP) is 4.67. The first-order valence-electron chi connectivity index (χ1n) is 10.5. The molecule has 1 aliphatic carbocycles. The fraction of sp³-hybridized carbons (Fsp3) is 0.435. The van der Waals surface area contributed by atoms with Gasteiger partial charge in [0.1, 0.15) is 5.75 Å².